The maximum Gasteiger partial charge on any atom is 0.305 e. The van der Waals surface area contributed by atoms with Crippen molar-refractivity contribution in [1.29, 1.82) is 0 Å². The first-order valence-corrected chi connectivity index (χ1v) is 7.07. The van der Waals surface area contributed by atoms with E-state index in [1.807, 2.05) is 6.07 Å². The van der Waals surface area contributed by atoms with Crippen molar-refractivity contribution >= 4 is 35.1 Å². The van der Waals surface area contributed by atoms with E-state index < -0.39 is 5.97 Å². The molecular formula is C14H15Cl2NO3. The Kier molecular flexibility index (Phi) is 4.55. The highest BCUT2D eigenvalue weighted by Gasteiger charge is 2.45. The number of carbonyl (C=O) groups is 2. The predicted octanol–water partition coefficient (Wildman–Crippen LogP) is 3.03. The van der Waals surface area contributed by atoms with E-state index in [2.05, 4.69) is 0 Å². The van der Waals surface area contributed by atoms with E-state index >= 15 is 0 Å². The van der Waals surface area contributed by atoms with E-state index in [1.165, 1.54) is 4.90 Å². The molecule has 1 aromatic carbocycles. The fourth-order valence-corrected chi connectivity index (χ4v) is 2.54. The molecule has 0 bridgehead atoms. The zero-order valence-corrected chi connectivity index (χ0v) is 12.5. The summed E-state index contributed by atoms with van der Waals surface area (Å²) < 4.78 is 0. The van der Waals surface area contributed by atoms with Gasteiger partial charge in [0.1, 0.15) is 0 Å². The standard InChI is InChI=1S/C14H15Cl2NO3/c1-17(5-4-13(18)19)14(20)10-7-9(10)8-2-3-11(15)12(16)6-8/h2-3,6,9-10H,4-5,7H2,1H3,(H,18,19). The van der Waals surface area contributed by atoms with E-state index in [0.29, 0.717) is 10.0 Å². The molecule has 20 heavy (non-hydrogen) atoms. The highest BCUT2D eigenvalue weighted by molar-refractivity contribution is 6.42. The van der Waals surface area contributed by atoms with Gasteiger partial charge in [0.05, 0.1) is 16.5 Å². The molecule has 0 aromatic heterocycles. The SMILES string of the molecule is CN(CCC(=O)O)C(=O)C1CC1c1ccc(Cl)c(Cl)c1. The predicted molar refractivity (Wildman–Crippen MR) is 77.2 cm³/mol. The van der Waals surface area contributed by atoms with Crippen molar-refractivity contribution in [2.75, 3.05) is 13.6 Å². The largest absolute Gasteiger partial charge is 0.481 e. The van der Waals surface area contributed by atoms with E-state index in [4.69, 9.17) is 28.3 Å². The molecule has 6 heteroatoms. The van der Waals surface area contributed by atoms with Gasteiger partial charge in [-0.05, 0) is 30.0 Å². The second kappa shape index (κ2) is 6.02. The van der Waals surface area contributed by atoms with E-state index in [9.17, 15) is 9.59 Å². The minimum atomic E-state index is -0.901. The van der Waals surface area contributed by atoms with Crippen LogP contribution >= 0.6 is 23.2 Å². The van der Waals surface area contributed by atoms with Gasteiger partial charge in [-0.2, -0.15) is 0 Å². The number of nitrogens with zero attached hydrogens (tertiary/aromatic N) is 1. The lowest BCUT2D eigenvalue weighted by Crippen LogP contribution is -2.30. The maximum atomic E-state index is 12.1. The van der Waals surface area contributed by atoms with Crippen LogP contribution < -0.4 is 0 Å². The van der Waals surface area contributed by atoms with E-state index in [-0.39, 0.29) is 30.7 Å². The Labute approximate surface area is 127 Å². The second-order valence-electron chi connectivity index (χ2n) is 5.03. The number of carbonyl (C=O) groups excluding carboxylic acids is 1. The van der Waals surface area contributed by atoms with Crippen molar-refractivity contribution in [2.45, 2.75) is 18.8 Å². The highest BCUT2D eigenvalue weighted by Crippen LogP contribution is 2.49. The number of carboxylic acid groups (broad SMARTS) is 1. The average molecular weight is 316 g/mol. The third kappa shape index (κ3) is 3.44. The van der Waals surface area contributed by atoms with Gasteiger partial charge in [0.2, 0.25) is 5.91 Å². The number of rotatable bonds is 5. The Morgan fingerprint density at radius 3 is 2.65 bits per heavy atom. The van der Waals surface area contributed by atoms with Crippen LogP contribution in [0.4, 0.5) is 0 Å². The summed E-state index contributed by atoms with van der Waals surface area (Å²) in [4.78, 5) is 24.1. The first kappa shape index (κ1) is 15.1. The molecule has 0 spiro atoms. The zero-order chi connectivity index (χ0) is 14.9. The van der Waals surface area contributed by atoms with Crippen LogP contribution in [-0.4, -0.2) is 35.5 Å². The van der Waals surface area contributed by atoms with Gasteiger partial charge in [0.15, 0.2) is 0 Å². The third-order valence-corrected chi connectivity index (χ3v) is 4.26. The first-order valence-electron chi connectivity index (χ1n) is 6.32. The Morgan fingerprint density at radius 1 is 1.35 bits per heavy atom. The Balaban J connectivity index is 1.95. The molecule has 2 unspecified atom stereocenters. The van der Waals surface area contributed by atoms with Gasteiger partial charge in [-0.1, -0.05) is 29.3 Å². The summed E-state index contributed by atoms with van der Waals surface area (Å²) in [6.07, 6.45) is 0.737. The van der Waals surface area contributed by atoms with Crippen LogP contribution in [0.3, 0.4) is 0 Å². The number of benzene rings is 1. The molecular weight excluding hydrogens is 301 g/mol. The lowest BCUT2D eigenvalue weighted by Gasteiger charge is -2.16. The number of hydrogen-bond acceptors (Lipinski definition) is 2. The molecule has 1 aliphatic carbocycles. The van der Waals surface area contributed by atoms with Gasteiger partial charge >= 0.3 is 5.97 Å². The Hall–Kier alpha value is -1.26. The van der Waals surface area contributed by atoms with Crippen molar-refractivity contribution in [3.8, 4) is 0 Å². The molecule has 2 rings (SSSR count). The van der Waals surface area contributed by atoms with Crippen molar-refractivity contribution < 1.29 is 14.7 Å². The number of aliphatic carboxylic acids is 1. The quantitative estimate of drug-likeness (QED) is 0.908. The summed E-state index contributed by atoms with van der Waals surface area (Å²) in [5, 5.41) is 9.60. The van der Waals surface area contributed by atoms with Gasteiger partial charge in [0, 0.05) is 19.5 Å². The Bertz CT molecular complexity index is 547. The topological polar surface area (TPSA) is 57.6 Å². The number of carboxylic acids is 1. The zero-order valence-electron chi connectivity index (χ0n) is 11.0. The molecule has 0 heterocycles. The molecule has 1 fully saturated rings. The maximum absolute atomic E-state index is 12.1. The lowest BCUT2D eigenvalue weighted by molar-refractivity contribution is -0.138. The van der Waals surface area contributed by atoms with Crippen molar-refractivity contribution in [1.82, 2.24) is 4.90 Å². The molecule has 4 nitrogen and oxygen atoms in total. The summed E-state index contributed by atoms with van der Waals surface area (Å²) in [6, 6.07) is 5.40. The summed E-state index contributed by atoms with van der Waals surface area (Å²) in [6.45, 7) is 0.235. The smallest absolute Gasteiger partial charge is 0.305 e. The van der Waals surface area contributed by atoms with Crippen LogP contribution in [0.5, 0.6) is 0 Å². The van der Waals surface area contributed by atoms with Crippen LogP contribution in [0.1, 0.15) is 24.3 Å². The molecule has 0 saturated heterocycles. The summed E-state index contributed by atoms with van der Waals surface area (Å²) in [5.74, 6) is -0.834. The minimum Gasteiger partial charge on any atom is -0.481 e. The molecule has 2 atom stereocenters. The summed E-state index contributed by atoms with van der Waals surface area (Å²) in [5.41, 5.74) is 1.00. The lowest BCUT2D eigenvalue weighted by atomic mass is 10.1. The Morgan fingerprint density at radius 2 is 2.05 bits per heavy atom. The molecule has 1 aliphatic rings. The van der Waals surface area contributed by atoms with Crippen molar-refractivity contribution in [3.05, 3.63) is 33.8 Å². The first-order chi connectivity index (χ1) is 9.40. The third-order valence-electron chi connectivity index (χ3n) is 3.52. The van der Waals surface area contributed by atoms with Gasteiger partial charge in [0.25, 0.3) is 0 Å². The monoisotopic (exact) mass is 315 g/mol. The van der Waals surface area contributed by atoms with Crippen LogP contribution in [0.15, 0.2) is 18.2 Å². The molecule has 108 valence electrons. The fourth-order valence-electron chi connectivity index (χ4n) is 2.24. The number of amides is 1. The second-order valence-corrected chi connectivity index (χ2v) is 5.84. The average Bonchev–Trinajstić information content (AvgIpc) is 3.18. The molecule has 0 aliphatic heterocycles. The van der Waals surface area contributed by atoms with Crippen molar-refractivity contribution in [2.24, 2.45) is 5.92 Å². The fraction of sp³-hybridized carbons (Fsp3) is 0.429. The van der Waals surface area contributed by atoms with Crippen LogP contribution in [0, 0.1) is 5.92 Å². The molecule has 1 amide bonds. The summed E-state index contributed by atoms with van der Waals surface area (Å²) >= 11 is 11.8. The van der Waals surface area contributed by atoms with Crippen LogP contribution in [0.25, 0.3) is 0 Å². The highest BCUT2D eigenvalue weighted by atomic mass is 35.5. The molecule has 1 N–H and O–H groups in total. The summed E-state index contributed by atoms with van der Waals surface area (Å²) in [7, 11) is 1.63. The van der Waals surface area contributed by atoms with Crippen LogP contribution in [0.2, 0.25) is 10.0 Å². The van der Waals surface area contributed by atoms with Gasteiger partial charge in [-0.25, -0.2) is 0 Å². The van der Waals surface area contributed by atoms with Gasteiger partial charge in [-0.3, -0.25) is 9.59 Å². The molecule has 0 radical (unpaired) electrons. The van der Waals surface area contributed by atoms with E-state index in [0.717, 1.165) is 12.0 Å². The number of hydrogen-bond donors (Lipinski definition) is 1. The van der Waals surface area contributed by atoms with Gasteiger partial charge < -0.3 is 10.0 Å². The van der Waals surface area contributed by atoms with Crippen molar-refractivity contribution in [3.63, 3.8) is 0 Å². The number of halogens is 2. The van der Waals surface area contributed by atoms with E-state index in [1.54, 1.807) is 19.2 Å². The van der Waals surface area contributed by atoms with Gasteiger partial charge in [-0.15, -0.1) is 0 Å². The normalized spacial score (nSPS) is 20.6. The molecule has 1 aromatic rings. The minimum absolute atomic E-state index is 0.0117. The molecule has 1 saturated carbocycles. The van der Waals surface area contributed by atoms with Crippen LogP contribution in [-0.2, 0) is 9.59 Å².